The van der Waals surface area contributed by atoms with Crippen LogP contribution in [-0.4, -0.2) is 25.0 Å². The van der Waals surface area contributed by atoms with Crippen molar-refractivity contribution in [3.8, 4) is 5.75 Å². The van der Waals surface area contributed by atoms with Gasteiger partial charge in [-0.15, -0.1) is 0 Å². The summed E-state index contributed by atoms with van der Waals surface area (Å²) in [6, 6.07) is 14.4. The standard InChI is InChI=1S/C20H23ClN2O3/c1-14-3-9-18(10-4-14)26-12-11-22-20(25)13-19(23-15(2)24)16-5-7-17(21)8-6-16/h3-10,19H,11-13H2,1-2H3,(H,22,25)(H,23,24). The van der Waals surface area contributed by atoms with E-state index < -0.39 is 6.04 Å². The molecule has 2 amide bonds. The Bertz CT molecular complexity index is 730. The van der Waals surface area contributed by atoms with Crippen molar-refractivity contribution in [2.75, 3.05) is 13.2 Å². The van der Waals surface area contributed by atoms with Crippen LogP contribution in [0, 0.1) is 6.92 Å². The third-order valence-corrected chi connectivity index (χ3v) is 4.01. The number of carbonyl (C=O) groups excluding carboxylic acids is 2. The van der Waals surface area contributed by atoms with Gasteiger partial charge in [0, 0.05) is 11.9 Å². The molecular weight excluding hydrogens is 352 g/mol. The number of rotatable bonds is 8. The Labute approximate surface area is 158 Å². The van der Waals surface area contributed by atoms with Crippen molar-refractivity contribution in [2.45, 2.75) is 26.3 Å². The summed E-state index contributed by atoms with van der Waals surface area (Å²) in [5.74, 6) is 0.411. The SMILES string of the molecule is CC(=O)NC(CC(=O)NCCOc1ccc(C)cc1)c1ccc(Cl)cc1. The molecule has 5 nitrogen and oxygen atoms in total. The predicted molar refractivity (Wildman–Crippen MR) is 102 cm³/mol. The number of nitrogens with one attached hydrogen (secondary N) is 2. The van der Waals surface area contributed by atoms with Gasteiger partial charge in [0.25, 0.3) is 0 Å². The van der Waals surface area contributed by atoms with Gasteiger partial charge in [0.1, 0.15) is 12.4 Å². The fraction of sp³-hybridized carbons (Fsp3) is 0.300. The van der Waals surface area contributed by atoms with E-state index in [0.717, 1.165) is 16.9 Å². The molecule has 1 unspecified atom stereocenters. The number of amides is 2. The first-order valence-corrected chi connectivity index (χ1v) is 8.80. The molecule has 6 heteroatoms. The Morgan fingerprint density at radius 2 is 1.73 bits per heavy atom. The molecule has 2 N–H and O–H groups in total. The summed E-state index contributed by atoms with van der Waals surface area (Å²) in [6.45, 7) is 4.20. The van der Waals surface area contributed by atoms with Gasteiger partial charge in [-0.25, -0.2) is 0 Å². The van der Waals surface area contributed by atoms with Crippen LogP contribution in [0.1, 0.15) is 30.5 Å². The highest BCUT2D eigenvalue weighted by Gasteiger charge is 2.17. The summed E-state index contributed by atoms with van der Waals surface area (Å²) in [5.41, 5.74) is 1.99. The fourth-order valence-corrected chi connectivity index (χ4v) is 2.57. The molecule has 0 aliphatic rings. The molecule has 0 radical (unpaired) electrons. The molecule has 2 aromatic carbocycles. The summed E-state index contributed by atoms with van der Waals surface area (Å²) < 4.78 is 5.58. The van der Waals surface area contributed by atoms with E-state index in [1.807, 2.05) is 31.2 Å². The van der Waals surface area contributed by atoms with E-state index in [1.54, 1.807) is 24.3 Å². The minimum absolute atomic E-state index is 0.145. The lowest BCUT2D eigenvalue weighted by molar-refractivity contribution is -0.122. The molecule has 2 rings (SSSR count). The third-order valence-electron chi connectivity index (χ3n) is 3.75. The minimum atomic E-state index is -0.400. The lowest BCUT2D eigenvalue weighted by Gasteiger charge is -2.18. The van der Waals surface area contributed by atoms with Crippen LogP contribution in [0.2, 0.25) is 5.02 Å². The zero-order valence-electron chi connectivity index (χ0n) is 14.9. The van der Waals surface area contributed by atoms with Crippen molar-refractivity contribution in [3.63, 3.8) is 0 Å². The zero-order chi connectivity index (χ0) is 18.9. The van der Waals surface area contributed by atoms with E-state index in [4.69, 9.17) is 16.3 Å². The molecule has 0 aromatic heterocycles. The average Bonchev–Trinajstić information content (AvgIpc) is 2.60. The maximum absolute atomic E-state index is 12.2. The predicted octanol–water partition coefficient (Wildman–Crippen LogP) is 3.41. The van der Waals surface area contributed by atoms with E-state index in [0.29, 0.717) is 18.2 Å². The molecule has 2 aromatic rings. The molecule has 0 saturated carbocycles. The van der Waals surface area contributed by atoms with Gasteiger partial charge >= 0.3 is 0 Å². The molecule has 0 aliphatic heterocycles. The zero-order valence-corrected chi connectivity index (χ0v) is 15.7. The van der Waals surface area contributed by atoms with Gasteiger partial charge in [-0.3, -0.25) is 9.59 Å². The lowest BCUT2D eigenvalue weighted by Crippen LogP contribution is -2.34. The van der Waals surface area contributed by atoms with E-state index in [9.17, 15) is 9.59 Å². The van der Waals surface area contributed by atoms with Crippen LogP contribution in [0.25, 0.3) is 0 Å². The van der Waals surface area contributed by atoms with Crippen LogP contribution in [0.4, 0.5) is 0 Å². The number of benzene rings is 2. The Morgan fingerprint density at radius 1 is 1.08 bits per heavy atom. The normalized spacial score (nSPS) is 11.5. The highest BCUT2D eigenvalue weighted by Crippen LogP contribution is 2.19. The summed E-state index contributed by atoms with van der Waals surface area (Å²) in [5, 5.41) is 6.21. The molecule has 0 saturated heterocycles. The Balaban J connectivity index is 1.81. The van der Waals surface area contributed by atoms with E-state index in [-0.39, 0.29) is 18.2 Å². The van der Waals surface area contributed by atoms with Gasteiger partial charge in [0.05, 0.1) is 19.0 Å². The van der Waals surface area contributed by atoms with Crippen LogP contribution < -0.4 is 15.4 Å². The van der Waals surface area contributed by atoms with Crippen molar-refractivity contribution < 1.29 is 14.3 Å². The maximum atomic E-state index is 12.2. The van der Waals surface area contributed by atoms with Crippen LogP contribution >= 0.6 is 11.6 Å². The van der Waals surface area contributed by atoms with Crippen LogP contribution in [-0.2, 0) is 9.59 Å². The number of aryl methyl sites for hydroxylation is 1. The molecule has 0 aliphatic carbocycles. The van der Waals surface area contributed by atoms with Crippen molar-refractivity contribution in [3.05, 3.63) is 64.7 Å². The fourth-order valence-electron chi connectivity index (χ4n) is 2.44. The highest BCUT2D eigenvalue weighted by atomic mass is 35.5. The highest BCUT2D eigenvalue weighted by molar-refractivity contribution is 6.30. The third kappa shape index (κ3) is 6.76. The maximum Gasteiger partial charge on any atom is 0.222 e. The van der Waals surface area contributed by atoms with Crippen LogP contribution in [0.5, 0.6) is 5.75 Å². The van der Waals surface area contributed by atoms with Crippen LogP contribution in [0.15, 0.2) is 48.5 Å². The summed E-state index contributed by atoms with van der Waals surface area (Å²) in [6.07, 6.45) is 0.145. The minimum Gasteiger partial charge on any atom is -0.492 e. The molecule has 26 heavy (non-hydrogen) atoms. The molecule has 138 valence electrons. The topological polar surface area (TPSA) is 67.4 Å². The molecule has 0 bridgehead atoms. The monoisotopic (exact) mass is 374 g/mol. The molecular formula is C20H23ClN2O3. The van der Waals surface area contributed by atoms with Gasteiger partial charge in [-0.05, 0) is 36.8 Å². The van der Waals surface area contributed by atoms with Crippen LogP contribution in [0.3, 0.4) is 0 Å². The molecule has 0 fully saturated rings. The van der Waals surface area contributed by atoms with Gasteiger partial charge in [0.2, 0.25) is 11.8 Å². The molecule has 0 spiro atoms. The first kappa shape index (κ1) is 19.8. The van der Waals surface area contributed by atoms with Gasteiger partial charge in [-0.2, -0.15) is 0 Å². The number of hydrogen-bond donors (Lipinski definition) is 2. The van der Waals surface area contributed by atoms with E-state index in [2.05, 4.69) is 10.6 Å². The second-order valence-corrected chi connectivity index (χ2v) is 6.46. The molecule has 0 heterocycles. The Hall–Kier alpha value is -2.53. The average molecular weight is 375 g/mol. The number of carbonyl (C=O) groups is 2. The number of hydrogen-bond acceptors (Lipinski definition) is 3. The van der Waals surface area contributed by atoms with Gasteiger partial charge in [-0.1, -0.05) is 41.4 Å². The van der Waals surface area contributed by atoms with Crippen molar-refractivity contribution in [1.82, 2.24) is 10.6 Å². The van der Waals surface area contributed by atoms with Gasteiger partial charge in [0.15, 0.2) is 0 Å². The summed E-state index contributed by atoms with van der Waals surface area (Å²) in [4.78, 5) is 23.6. The van der Waals surface area contributed by atoms with Crippen molar-refractivity contribution in [1.29, 1.82) is 0 Å². The largest absolute Gasteiger partial charge is 0.492 e. The molecule has 1 atom stereocenters. The Kier molecular flexibility index (Phi) is 7.48. The summed E-state index contributed by atoms with van der Waals surface area (Å²) >= 11 is 5.89. The number of halogens is 1. The second kappa shape index (κ2) is 9.82. The van der Waals surface area contributed by atoms with E-state index in [1.165, 1.54) is 6.92 Å². The van der Waals surface area contributed by atoms with Gasteiger partial charge < -0.3 is 15.4 Å². The lowest BCUT2D eigenvalue weighted by atomic mass is 10.0. The van der Waals surface area contributed by atoms with E-state index >= 15 is 0 Å². The first-order valence-electron chi connectivity index (χ1n) is 8.43. The first-order chi connectivity index (χ1) is 12.4. The number of ether oxygens (including phenoxy) is 1. The van der Waals surface area contributed by atoms with Crippen molar-refractivity contribution in [2.24, 2.45) is 0 Å². The quantitative estimate of drug-likeness (QED) is 0.696. The smallest absolute Gasteiger partial charge is 0.222 e. The second-order valence-electron chi connectivity index (χ2n) is 6.02. The summed E-state index contributed by atoms with van der Waals surface area (Å²) in [7, 11) is 0. The Morgan fingerprint density at radius 3 is 2.35 bits per heavy atom. The van der Waals surface area contributed by atoms with Crippen molar-refractivity contribution >= 4 is 23.4 Å².